The Bertz CT molecular complexity index is 3100. The second-order valence-electron chi connectivity index (χ2n) is 14.7. The Kier molecular flexibility index (Phi) is 10.9. The van der Waals surface area contributed by atoms with Gasteiger partial charge in [-0.1, -0.05) is 72.8 Å². The lowest BCUT2D eigenvalue weighted by Crippen LogP contribution is -2.12. The number of nitrogens with zero attached hydrogens (tertiary/aromatic N) is 3. The van der Waals surface area contributed by atoms with Crippen LogP contribution in [0.25, 0.3) is 54.7 Å². The van der Waals surface area contributed by atoms with E-state index in [4.69, 9.17) is 0 Å². The van der Waals surface area contributed by atoms with E-state index in [-0.39, 0.29) is 17.5 Å². The average Bonchev–Trinajstić information content (AvgIpc) is 3.72. The molecule has 0 fully saturated rings. The van der Waals surface area contributed by atoms with Gasteiger partial charge < -0.3 is 14.0 Å². The van der Waals surface area contributed by atoms with Gasteiger partial charge in [-0.05, 0) is 186 Å². The summed E-state index contributed by atoms with van der Waals surface area (Å²) in [4.78, 5) is 1.98. The molecule has 0 amide bonds. The standard InChI is InChI=1S/C50H30F3I4N3/c51-41-21-31(54)23-44(56)39(41)27-58-46-12-6-4-10-35(46)37-25-33(15-18-48(37)58)60(50-17-14-30(20-43(50)53)29-8-2-1-3-9-29)34-16-19-49-38(26-34)36-11-5-7-13-47(36)59(49)28-40-42(52)22-32(55)24-45(40)57/h1-26H,27-28H2. The van der Waals surface area contributed by atoms with E-state index in [0.717, 1.165) is 80.4 Å². The van der Waals surface area contributed by atoms with Crippen molar-refractivity contribution < 1.29 is 13.2 Å². The molecule has 0 N–H and O–H groups in total. The first-order valence-corrected chi connectivity index (χ1v) is 23.4. The molecule has 0 aliphatic heterocycles. The van der Waals surface area contributed by atoms with Crippen LogP contribution in [-0.4, -0.2) is 9.13 Å². The van der Waals surface area contributed by atoms with Gasteiger partial charge in [0.1, 0.15) is 17.5 Å². The van der Waals surface area contributed by atoms with E-state index in [1.165, 1.54) is 0 Å². The molecule has 10 aromatic rings. The molecule has 0 aliphatic rings. The fourth-order valence-electron chi connectivity index (χ4n) is 8.39. The van der Waals surface area contributed by atoms with Gasteiger partial charge in [-0.3, -0.25) is 0 Å². The van der Waals surface area contributed by atoms with Crippen molar-refractivity contribution in [3.8, 4) is 11.1 Å². The highest BCUT2D eigenvalue weighted by Crippen LogP contribution is 2.43. The van der Waals surface area contributed by atoms with Crippen molar-refractivity contribution in [1.82, 2.24) is 9.13 Å². The molecule has 3 nitrogen and oxygen atoms in total. The third kappa shape index (κ3) is 7.17. The number of fused-ring (bicyclic) bond motifs is 6. The van der Waals surface area contributed by atoms with Gasteiger partial charge in [-0.15, -0.1) is 0 Å². The van der Waals surface area contributed by atoms with Gasteiger partial charge in [0.25, 0.3) is 0 Å². The lowest BCUT2D eigenvalue weighted by atomic mass is 10.0. The Labute approximate surface area is 398 Å². The summed E-state index contributed by atoms with van der Waals surface area (Å²) in [7, 11) is 0. The predicted octanol–water partition coefficient (Wildman–Crippen LogP) is 16.0. The molecular weight excluding hydrogens is 1210 g/mol. The van der Waals surface area contributed by atoms with Crippen molar-refractivity contribution in [2.75, 3.05) is 4.90 Å². The van der Waals surface area contributed by atoms with Crippen LogP contribution in [0.4, 0.5) is 30.2 Å². The van der Waals surface area contributed by atoms with Gasteiger partial charge in [0, 0.05) is 80.4 Å². The molecule has 8 aromatic carbocycles. The predicted molar refractivity (Wildman–Crippen MR) is 274 cm³/mol. The first-order chi connectivity index (χ1) is 29.1. The number of aromatic nitrogens is 2. The second kappa shape index (κ2) is 16.3. The third-order valence-electron chi connectivity index (χ3n) is 11.2. The quantitative estimate of drug-likeness (QED) is 0.138. The van der Waals surface area contributed by atoms with E-state index in [9.17, 15) is 0 Å². The summed E-state index contributed by atoms with van der Waals surface area (Å²) in [6.07, 6.45) is 0. The maximum absolute atomic E-state index is 16.9. The van der Waals surface area contributed by atoms with Crippen molar-refractivity contribution in [2.24, 2.45) is 0 Å². The smallest absolute Gasteiger partial charge is 0.147 e. The molecule has 2 aromatic heterocycles. The van der Waals surface area contributed by atoms with Gasteiger partial charge in [0.05, 0.1) is 18.8 Å². The van der Waals surface area contributed by atoms with Crippen LogP contribution in [-0.2, 0) is 13.1 Å². The molecule has 10 heteroatoms. The number of hydrogen-bond acceptors (Lipinski definition) is 1. The number of benzene rings is 8. The molecule has 0 atom stereocenters. The molecule has 0 bridgehead atoms. The highest BCUT2D eigenvalue weighted by atomic mass is 127. The van der Waals surface area contributed by atoms with Gasteiger partial charge in [0.2, 0.25) is 0 Å². The zero-order valence-corrected chi connectivity index (χ0v) is 40.0. The minimum atomic E-state index is -0.367. The molecule has 0 unspecified atom stereocenters. The lowest BCUT2D eigenvalue weighted by Gasteiger charge is -2.26. The Balaban J connectivity index is 1.17. The fourth-order valence-corrected chi connectivity index (χ4v) is 12.3. The SMILES string of the molecule is Fc1cc(-c2ccccc2)ccc1N(c1ccc2c(c1)c1ccccc1n2Cc1c(F)cc(I)cc1I)c1ccc2c(c1)c1ccccc1n2Cc1c(F)cc(I)cc1I. The monoisotopic (exact) mass is 1240 g/mol. The van der Waals surface area contributed by atoms with Crippen molar-refractivity contribution in [3.05, 3.63) is 201 Å². The van der Waals surface area contributed by atoms with Crippen LogP contribution in [0.1, 0.15) is 11.1 Å². The van der Waals surface area contributed by atoms with Crippen LogP contribution < -0.4 is 4.90 Å². The Morgan fingerprint density at radius 3 is 1.35 bits per heavy atom. The van der Waals surface area contributed by atoms with Crippen LogP contribution in [0.3, 0.4) is 0 Å². The maximum Gasteiger partial charge on any atom is 0.147 e. The van der Waals surface area contributed by atoms with Crippen LogP contribution in [0.2, 0.25) is 0 Å². The highest BCUT2D eigenvalue weighted by molar-refractivity contribution is 14.1. The summed E-state index contributed by atoms with van der Waals surface area (Å²) >= 11 is 8.75. The summed E-state index contributed by atoms with van der Waals surface area (Å²) in [5, 5.41) is 3.99. The van der Waals surface area contributed by atoms with Crippen molar-refractivity contribution in [3.63, 3.8) is 0 Å². The summed E-state index contributed by atoms with van der Waals surface area (Å²) in [5.74, 6) is -0.830. The number of para-hydroxylation sites is 2. The number of rotatable bonds is 8. The van der Waals surface area contributed by atoms with E-state index in [2.05, 4.69) is 148 Å². The molecule has 0 aliphatic carbocycles. The number of anilines is 3. The first kappa shape index (κ1) is 40.0. The molecule has 0 saturated carbocycles. The molecule has 60 heavy (non-hydrogen) atoms. The summed E-state index contributed by atoms with van der Waals surface area (Å²) in [6.45, 7) is 0.713. The van der Waals surface area contributed by atoms with Crippen LogP contribution in [0.15, 0.2) is 158 Å². The van der Waals surface area contributed by atoms with Crippen LogP contribution in [0.5, 0.6) is 0 Å². The maximum atomic E-state index is 16.9. The number of hydrogen-bond donors (Lipinski definition) is 0. The van der Waals surface area contributed by atoms with Crippen molar-refractivity contribution in [1.29, 1.82) is 0 Å². The second-order valence-corrected chi connectivity index (χ2v) is 19.5. The Morgan fingerprint density at radius 2 is 0.867 bits per heavy atom. The van der Waals surface area contributed by atoms with Crippen molar-refractivity contribution >= 4 is 151 Å². The average molecular weight is 1240 g/mol. The molecule has 294 valence electrons. The van der Waals surface area contributed by atoms with Crippen LogP contribution >= 0.6 is 90.4 Å². The summed E-state index contributed by atoms with van der Waals surface area (Å²) in [6, 6.07) is 51.1. The van der Waals surface area contributed by atoms with Gasteiger partial charge >= 0.3 is 0 Å². The van der Waals surface area contributed by atoms with E-state index in [1.807, 2.05) is 95.9 Å². The normalized spacial score (nSPS) is 11.7. The topological polar surface area (TPSA) is 13.1 Å². The Morgan fingerprint density at radius 1 is 0.400 bits per heavy atom. The molecular formula is C50H30F3I4N3. The molecule has 2 heterocycles. The molecule has 0 saturated heterocycles. The van der Waals surface area contributed by atoms with Gasteiger partial charge in [0.15, 0.2) is 0 Å². The summed E-state index contributed by atoms with van der Waals surface area (Å²) in [5.41, 5.74) is 8.78. The van der Waals surface area contributed by atoms with E-state index >= 15 is 13.2 Å². The minimum absolute atomic E-state index is 0.232. The van der Waals surface area contributed by atoms with E-state index in [0.29, 0.717) is 29.9 Å². The Hall–Kier alpha value is -4.13. The first-order valence-electron chi connectivity index (χ1n) is 19.1. The lowest BCUT2D eigenvalue weighted by molar-refractivity contribution is 0.600. The van der Waals surface area contributed by atoms with E-state index < -0.39 is 0 Å². The zero-order valence-electron chi connectivity index (χ0n) is 31.4. The highest BCUT2D eigenvalue weighted by Gasteiger charge is 2.23. The fraction of sp³-hybridized carbons (Fsp3) is 0.0400. The number of halogens is 7. The van der Waals surface area contributed by atoms with Crippen LogP contribution in [0, 0.1) is 31.7 Å². The molecule has 0 spiro atoms. The third-order valence-corrected chi connectivity index (χ3v) is 14.3. The van der Waals surface area contributed by atoms with Crippen molar-refractivity contribution in [2.45, 2.75) is 13.1 Å². The summed E-state index contributed by atoms with van der Waals surface area (Å²) < 4.78 is 55.7. The molecule has 0 radical (unpaired) electrons. The van der Waals surface area contributed by atoms with Gasteiger partial charge in [-0.25, -0.2) is 13.2 Å². The largest absolute Gasteiger partial charge is 0.336 e. The van der Waals surface area contributed by atoms with E-state index in [1.54, 1.807) is 18.2 Å². The van der Waals surface area contributed by atoms with Gasteiger partial charge in [-0.2, -0.15) is 0 Å². The molecule has 10 rings (SSSR count). The minimum Gasteiger partial charge on any atom is -0.336 e. The zero-order chi connectivity index (χ0) is 41.2.